The predicted octanol–water partition coefficient (Wildman–Crippen LogP) is 5.56. The first-order valence-corrected chi connectivity index (χ1v) is 15.3. The summed E-state index contributed by atoms with van der Waals surface area (Å²) in [5.41, 5.74) is 2.62. The molecule has 0 bridgehead atoms. The summed E-state index contributed by atoms with van der Waals surface area (Å²) in [4.78, 5) is 45.0. The summed E-state index contributed by atoms with van der Waals surface area (Å²) >= 11 is 2.47. The molecule has 1 aliphatic rings. The summed E-state index contributed by atoms with van der Waals surface area (Å²) < 4.78 is 12.7. The van der Waals surface area contributed by atoms with Gasteiger partial charge in [0.05, 0.1) is 44.9 Å². The van der Waals surface area contributed by atoms with Gasteiger partial charge in [-0.3, -0.25) is 19.5 Å². The molecule has 1 atom stereocenters. The number of aryl methyl sites for hydroxylation is 1. The molecule has 0 saturated heterocycles. The van der Waals surface area contributed by atoms with Crippen LogP contribution in [0.3, 0.4) is 0 Å². The van der Waals surface area contributed by atoms with Gasteiger partial charge in [-0.25, -0.2) is 9.79 Å². The zero-order valence-corrected chi connectivity index (χ0v) is 25.7. The first kappa shape index (κ1) is 30.0. The second kappa shape index (κ2) is 12.8. The van der Waals surface area contributed by atoms with Gasteiger partial charge in [0.25, 0.3) is 11.2 Å². The van der Waals surface area contributed by atoms with E-state index in [1.165, 1.54) is 22.4 Å². The molecule has 0 N–H and O–H groups in total. The minimum atomic E-state index is -0.768. The Kier molecular flexibility index (Phi) is 8.93. The van der Waals surface area contributed by atoms with Gasteiger partial charge >= 0.3 is 5.97 Å². The van der Waals surface area contributed by atoms with E-state index in [2.05, 4.69) is 4.99 Å². The van der Waals surface area contributed by atoms with E-state index in [0.29, 0.717) is 43.4 Å². The number of allylic oxidation sites excluding steroid dienone is 1. The predicted molar refractivity (Wildman–Crippen MR) is 166 cm³/mol. The van der Waals surface area contributed by atoms with Gasteiger partial charge in [0.1, 0.15) is 5.75 Å². The van der Waals surface area contributed by atoms with E-state index in [0.717, 1.165) is 21.8 Å². The number of aromatic nitrogens is 1. The van der Waals surface area contributed by atoms with E-state index >= 15 is 0 Å². The Labute approximate surface area is 256 Å². The zero-order chi connectivity index (χ0) is 30.7. The fourth-order valence-electron chi connectivity index (χ4n) is 4.76. The van der Waals surface area contributed by atoms with Crippen molar-refractivity contribution in [2.75, 3.05) is 13.2 Å². The van der Waals surface area contributed by atoms with Gasteiger partial charge in [0.2, 0.25) is 0 Å². The summed E-state index contributed by atoms with van der Waals surface area (Å²) in [6.45, 7) is 7.99. The van der Waals surface area contributed by atoms with Crippen molar-refractivity contribution in [1.29, 1.82) is 0 Å². The van der Waals surface area contributed by atoms with Crippen LogP contribution in [0.2, 0.25) is 0 Å². The van der Waals surface area contributed by atoms with Crippen molar-refractivity contribution in [2.24, 2.45) is 4.99 Å². The number of esters is 1. The quantitative estimate of drug-likeness (QED) is 0.138. The van der Waals surface area contributed by atoms with E-state index in [9.17, 15) is 19.7 Å². The second-order valence-corrected chi connectivity index (χ2v) is 11.8. The summed E-state index contributed by atoms with van der Waals surface area (Å²) in [6, 6.07) is 19.1. The number of carbonyl (C=O) groups excluding carboxylic acids is 1. The van der Waals surface area contributed by atoms with Gasteiger partial charge in [-0.2, -0.15) is 0 Å². The Hall–Kier alpha value is -4.48. The van der Waals surface area contributed by atoms with Crippen LogP contribution in [0, 0.1) is 17.0 Å². The van der Waals surface area contributed by atoms with Crippen molar-refractivity contribution in [3.8, 4) is 5.75 Å². The van der Waals surface area contributed by atoms with E-state index < -0.39 is 16.9 Å². The van der Waals surface area contributed by atoms with Crippen molar-refractivity contribution in [1.82, 2.24) is 4.57 Å². The molecule has 43 heavy (non-hydrogen) atoms. The maximum Gasteiger partial charge on any atom is 0.338 e. The van der Waals surface area contributed by atoms with Gasteiger partial charge in [-0.15, -0.1) is 0 Å². The highest BCUT2D eigenvalue weighted by atomic mass is 32.2. The fraction of sp³-hybridized carbons (Fsp3) is 0.219. The van der Waals surface area contributed by atoms with E-state index in [-0.39, 0.29) is 23.4 Å². The number of nitro benzene ring substituents is 1. The summed E-state index contributed by atoms with van der Waals surface area (Å²) in [5.74, 6) is 0.122. The molecule has 0 saturated carbocycles. The zero-order valence-electron chi connectivity index (χ0n) is 24.0. The van der Waals surface area contributed by atoms with Gasteiger partial charge in [0.15, 0.2) is 4.80 Å². The number of carbonyl (C=O) groups is 1. The topological polar surface area (TPSA) is 113 Å². The number of benzene rings is 3. The van der Waals surface area contributed by atoms with Crippen LogP contribution in [0.4, 0.5) is 5.69 Å². The molecule has 0 unspecified atom stereocenters. The lowest BCUT2D eigenvalue weighted by Gasteiger charge is -2.24. The molecule has 4 aromatic rings. The molecular weight excluding hydrogens is 587 g/mol. The third kappa shape index (κ3) is 6.32. The molecular formula is C32H29N3O6S2. The highest BCUT2D eigenvalue weighted by Crippen LogP contribution is 2.36. The van der Waals surface area contributed by atoms with Crippen LogP contribution in [0.1, 0.15) is 43.5 Å². The van der Waals surface area contributed by atoms with E-state index in [1.54, 1.807) is 44.2 Å². The first-order chi connectivity index (χ1) is 20.7. The number of thiazole rings is 1. The van der Waals surface area contributed by atoms with Crippen LogP contribution in [0.5, 0.6) is 5.75 Å². The van der Waals surface area contributed by atoms with Crippen molar-refractivity contribution in [3.05, 3.63) is 124 Å². The van der Waals surface area contributed by atoms with Crippen molar-refractivity contribution >= 4 is 40.8 Å². The van der Waals surface area contributed by atoms with Crippen LogP contribution in [0.25, 0.3) is 6.08 Å². The van der Waals surface area contributed by atoms with Gasteiger partial charge in [-0.1, -0.05) is 59.0 Å². The molecule has 1 aliphatic heterocycles. The first-order valence-electron chi connectivity index (χ1n) is 13.7. The minimum absolute atomic E-state index is 0.0557. The smallest absolute Gasteiger partial charge is 0.338 e. The molecule has 3 aromatic carbocycles. The molecule has 11 heteroatoms. The number of nitro groups is 1. The summed E-state index contributed by atoms with van der Waals surface area (Å²) in [7, 11) is 0. The largest absolute Gasteiger partial charge is 0.494 e. The average molecular weight is 616 g/mol. The normalized spacial score (nSPS) is 14.7. The number of rotatable bonds is 9. The Morgan fingerprint density at radius 1 is 1.07 bits per heavy atom. The van der Waals surface area contributed by atoms with Crippen molar-refractivity contribution in [3.63, 3.8) is 0 Å². The molecule has 0 fully saturated rings. The SMILES string of the molecule is CCOC(=O)C1=C(C)N=c2s/c(=C/c3ccc(Sc4ccc(C)cc4)c([N+](=O)[O-])c3)c(=O)n2[C@@H]1c1ccc(OCC)cc1. The second-order valence-electron chi connectivity index (χ2n) is 9.70. The molecule has 2 heterocycles. The lowest BCUT2D eigenvalue weighted by Crippen LogP contribution is -2.39. The Morgan fingerprint density at radius 3 is 2.44 bits per heavy atom. The third-order valence-corrected chi connectivity index (χ3v) is 8.81. The Morgan fingerprint density at radius 2 is 1.79 bits per heavy atom. The molecule has 0 radical (unpaired) electrons. The van der Waals surface area contributed by atoms with Gasteiger partial charge < -0.3 is 9.47 Å². The van der Waals surface area contributed by atoms with Crippen molar-refractivity contribution < 1.29 is 19.2 Å². The number of ether oxygens (including phenoxy) is 2. The number of hydrogen-bond donors (Lipinski definition) is 0. The van der Waals surface area contributed by atoms with Crippen molar-refractivity contribution in [2.45, 2.75) is 43.5 Å². The minimum Gasteiger partial charge on any atom is -0.494 e. The molecule has 0 amide bonds. The van der Waals surface area contributed by atoms with Crippen LogP contribution in [0.15, 0.2) is 97.6 Å². The van der Waals surface area contributed by atoms with Gasteiger partial charge in [0, 0.05) is 11.0 Å². The Bertz CT molecular complexity index is 1910. The highest BCUT2D eigenvalue weighted by molar-refractivity contribution is 7.99. The number of fused-ring (bicyclic) bond motifs is 1. The maximum absolute atomic E-state index is 13.9. The standard InChI is InChI=1S/C32H29N3O6S2/c1-5-40-23-12-10-22(11-13-23)29-28(31(37)41-6-2)20(4)33-32-34(29)30(36)27(43-32)18-21-9-16-26(25(17-21)35(38)39)42-24-14-7-19(3)8-15-24/h7-18,29H,5-6H2,1-4H3/b27-18+/t29-/m1/s1. The molecule has 220 valence electrons. The lowest BCUT2D eigenvalue weighted by molar-refractivity contribution is -0.387. The molecule has 1 aromatic heterocycles. The maximum atomic E-state index is 13.9. The Balaban J connectivity index is 1.60. The number of hydrogen-bond acceptors (Lipinski definition) is 9. The summed E-state index contributed by atoms with van der Waals surface area (Å²) in [5, 5.41) is 12.0. The van der Waals surface area contributed by atoms with Gasteiger partial charge in [-0.05, 0) is 75.2 Å². The molecule has 0 spiro atoms. The number of nitrogens with zero attached hydrogens (tertiary/aromatic N) is 3. The summed E-state index contributed by atoms with van der Waals surface area (Å²) in [6.07, 6.45) is 1.62. The fourth-order valence-corrected chi connectivity index (χ4v) is 6.70. The average Bonchev–Trinajstić information content (AvgIpc) is 3.28. The molecule has 5 rings (SSSR count). The van der Waals surface area contributed by atoms with Crippen LogP contribution in [-0.4, -0.2) is 28.7 Å². The third-order valence-electron chi connectivity index (χ3n) is 6.75. The van der Waals surface area contributed by atoms with Crippen LogP contribution in [-0.2, 0) is 9.53 Å². The van der Waals surface area contributed by atoms with E-state index in [4.69, 9.17) is 9.47 Å². The molecule has 0 aliphatic carbocycles. The molecule has 9 nitrogen and oxygen atoms in total. The van der Waals surface area contributed by atoms with Crippen LogP contribution < -0.4 is 19.6 Å². The van der Waals surface area contributed by atoms with Crippen LogP contribution >= 0.6 is 23.1 Å². The monoisotopic (exact) mass is 615 g/mol. The van der Waals surface area contributed by atoms with E-state index in [1.807, 2.05) is 50.2 Å². The lowest BCUT2D eigenvalue weighted by atomic mass is 9.96. The highest BCUT2D eigenvalue weighted by Gasteiger charge is 2.33.